The van der Waals surface area contributed by atoms with Gasteiger partial charge in [0.2, 0.25) is 0 Å². The van der Waals surface area contributed by atoms with Crippen LogP contribution in [-0.2, 0) is 13.0 Å². The van der Waals surface area contributed by atoms with E-state index in [4.69, 9.17) is 30.8 Å². The lowest BCUT2D eigenvalue weighted by Crippen LogP contribution is -2.38. The molecule has 0 spiro atoms. The number of rotatable bonds is 7. The lowest BCUT2D eigenvalue weighted by molar-refractivity contribution is 0.305. The molecule has 44 heavy (non-hydrogen) atoms. The van der Waals surface area contributed by atoms with Gasteiger partial charge in [-0.25, -0.2) is 4.99 Å². The number of allylic oxidation sites excluding steroid dienone is 1. The highest BCUT2D eigenvalue weighted by Gasteiger charge is 2.33. The Kier molecular flexibility index (Phi) is 7.58. The van der Waals surface area contributed by atoms with Crippen LogP contribution in [0.2, 0.25) is 5.02 Å². The lowest BCUT2D eigenvalue weighted by atomic mass is 9.83. The third kappa shape index (κ3) is 5.02. The molecule has 2 aliphatic rings. The van der Waals surface area contributed by atoms with Crippen LogP contribution in [0, 0.1) is 0 Å². The van der Waals surface area contributed by atoms with Gasteiger partial charge in [0.05, 0.1) is 30.5 Å². The van der Waals surface area contributed by atoms with Crippen LogP contribution in [0.4, 0.5) is 0 Å². The number of aryl methyl sites for hydroxylation is 1. The first kappa shape index (κ1) is 28.2. The van der Waals surface area contributed by atoms with E-state index in [0.29, 0.717) is 38.2 Å². The number of hydrogen-bond donors (Lipinski definition) is 0. The van der Waals surface area contributed by atoms with E-state index in [1.165, 1.54) is 16.9 Å². The highest BCUT2D eigenvalue weighted by molar-refractivity contribution is 7.07. The summed E-state index contributed by atoms with van der Waals surface area (Å²) in [6.07, 6.45) is 3.58. The van der Waals surface area contributed by atoms with Crippen LogP contribution in [0.5, 0.6) is 17.2 Å². The van der Waals surface area contributed by atoms with Gasteiger partial charge < -0.3 is 14.2 Å². The van der Waals surface area contributed by atoms with E-state index >= 15 is 0 Å². The Morgan fingerprint density at radius 2 is 1.68 bits per heavy atom. The Labute approximate surface area is 263 Å². The van der Waals surface area contributed by atoms with Crippen LogP contribution in [0.3, 0.4) is 0 Å². The predicted molar refractivity (Wildman–Crippen MR) is 175 cm³/mol. The lowest BCUT2D eigenvalue weighted by Gasteiger charge is -2.31. The standard InChI is InChI=1S/C36H29ClN2O4S/c1-41-30-18-16-24(19-31(30)42-2)34-27-17-15-22-9-3-6-12-26(22)33(27)38-36-39(34)35(40)32(44-36)20-23-10-5-8-14-29(23)43-21-25-11-4-7-13-28(25)37/h3-14,16,18-20,34H,15,17,21H2,1-2H3/b32-20-/t34-/m0/s1. The smallest absolute Gasteiger partial charge is 0.271 e. The van der Waals surface area contributed by atoms with Gasteiger partial charge in [-0.05, 0) is 59.9 Å². The number of hydrogen-bond acceptors (Lipinski definition) is 6. The van der Waals surface area contributed by atoms with Gasteiger partial charge in [-0.1, -0.05) is 89.7 Å². The van der Waals surface area contributed by atoms with Crippen molar-refractivity contribution in [3.63, 3.8) is 0 Å². The second-order valence-electron chi connectivity index (χ2n) is 10.6. The zero-order chi connectivity index (χ0) is 30.2. The molecule has 0 unspecified atom stereocenters. The number of para-hydroxylation sites is 1. The fourth-order valence-corrected chi connectivity index (χ4v) is 7.17. The number of nitrogens with zero attached hydrogens (tertiary/aromatic N) is 2. The van der Waals surface area contributed by atoms with Gasteiger partial charge in [0.25, 0.3) is 5.56 Å². The molecule has 0 fully saturated rings. The third-order valence-corrected chi connectivity index (χ3v) is 9.49. The number of halogens is 1. The van der Waals surface area contributed by atoms with Crippen LogP contribution in [0.15, 0.2) is 106 Å². The number of methoxy groups -OCH3 is 2. The van der Waals surface area contributed by atoms with Crippen molar-refractivity contribution in [2.45, 2.75) is 25.5 Å². The Morgan fingerprint density at radius 3 is 2.52 bits per heavy atom. The molecule has 4 aromatic carbocycles. The van der Waals surface area contributed by atoms with E-state index < -0.39 is 0 Å². The van der Waals surface area contributed by atoms with Gasteiger partial charge in [0.15, 0.2) is 16.3 Å². The average Bonchev–Trinajstić information content (AvgIpc) is 3.37. The second kappa shape index (κ2) is 11.8. The summed E-state index contributed by atoms with van der Waals surface area (Å²) in [5, 5.41) is 0.652. The Balaban J connectivity index is 1.38. The number of benzene rings is 4. The Bertz CT molecular complexity index is 2110. The minimum atomic E-state index is -0.330. The maximum absolute atomic E-state index is 14.3. The molecule has 0 bridgehead atoms. The van der Waals surface area contributed by atoms with Crippen LogP contribution >= 0.6 is 22.9 Å². The molecular weight excluding hydrogens is 592 g/mol. The van der Waals surface area contributed by atoms with E-state index in [9.17, 15) is 4.79 Å². The molecule has 220 valence electrons. The number of thiazole rings is 1. The van der Waals surface area contributed by atoms with Crippen molar-refractivity contribution >= 4 is 34.7 Å². The molecule has 1 atom stereocenters. The average molecular weight is 621 g/mol. The quantitative estimate of drug-likeness (QED) is 0.207. The molecule has 7 rings (SSSR count). The molecule has 1 aliphatic heterocycles. The summed E-state index contributed by atoms with van der Waals surface area (Å²) in [7, 11) is 3.25. The summed E-state index contributed by atoms with van der Waals surface area (Å²) >= 11 is 7.75. The molecule has 8 heteroatoms. The van der Waals surface area contributed by atoms with Crippen molar-refractivity contribution in [2.24, 2.45) is 4.99 Å². The highest BCUT2D eigenvalue weighted by Crippen LogP contribution is 2.42. The molecule has 5 aromatic rings. The van der Waals surface area contributed by atoms with Gasteiger partial charge in [-0.15, -0.1) is 0 Å². The van der Waals surface area contributed by atoms with E-state index in [2.05, 4.69) is 18.2 Å². The van der Waals surface area contributed by atoms with Crippen molar-refractivity contribution in [1.82, 2.24) is 4.57 Å². The maximum atomic E-state index is 14.3. The molecule has 6 nitrogen and oxygen atoms in total. The van der Waals surface area contributed by atoms with Crippen LogP contribution in [-0.4, -0.2) is 18.8 Å². The van der Waals surface area contributed by atoms with Crippen molar-refractivity contribution in [1.29, 1.82) is 0 Å². The maximum Gasteiger partial charge on any atom is 0.271 e. The van der Waals surface area contributed by atoms with Crippen LogP contribution in [0.1, 0.15) is 40.3 Å². The zero-order valence-corrected chi connectivity index (χ0v) is 25.8. The van der Waals surface area contributed by atoms with Crippen molar-refractivity contribution in [2.75, 3.05) is 14.2 Å². The van der Waals surface area contributed by atoms with Gasteiger partial charge in [-0.2, -0.15) is 0 Å². The summed E-state index contributed by atoms with van der Waals surface area (Å²) in [4.78, 5) is 20.1. The van der Waals surface area contributed by atoms with Gasteiger partial charge in [0.1, 0.15) is 12.4 Å². The van der Waals surface area contributed by atoms with Gasteiger partial charge >= 0.3 is 0 Å². The van der Waals surface area contributed by atoms with Gasteiger partial charge in [0, 0.05) is 21.7 Å². The van der Waals surface area contributed by atoms with E-state index in [1.807, 2.05) is 83.4 Å². The first-order valence-electron chi connectivity index (χ1n) is 14.4. The minimum Gasteiger partial charge on any atom is -0.493 e. The molecule has 1 aromatic heterocycles. The Morgan fingerprint density at radius 1 is 0.909 bits per heavy atom. The molecule has 0 radical (unpaired) electrons. The topological polar surface area (TPSA) is 62.0 Å². The number of fused-ring (bicyclic) bond motifs is 3. The summed E-state index contributed by atoms with van der Waals surface area (Å²) in [6.45, 7) is 0.317. The highest BCUT2D eigenvalue weighted by atomic mass is 35.5. The Hall–Kier alpha value is -4.59. The molecular formula is C36H29ClN2O4S. The summed E-state index contributed by atoms with van der Waals surface area (Å²) < 4.78 is 19.8. The second-order valence-corrected chi connectivity index (χ2v) is 12.1. The summed E-state index contributed by atoms with van der Waals surface area (Å²) in [5.41, 5.74) is 7.01. The van der Waals surface area contributed by atoms with Crippen LogP contribution < -0.4 is 29.1 Å². The molecule has 0 N–H and O–H groups in total. The monoisotopic (exact) mass is 620 g/mol. The van der Waals surface area contributed by atoms with Crippen molar-refractivity contribution < 1.29 is 14.2 Å². The zero-order valence-electron chi connectivity index (χ0n) is 24.2. The van der Waals surface area contributed by atoms with Crippen molar-refractivity contribution in [3.05, 3.63) is 149 Å². The molecule has 0 amide bonds. The fraction of sp³-hybridized carbons (Fsp3) is 0.167. The predicted octanol–water partition coefficient (Wildman–Crippen LogP) is 6.57. The van der Waals surface area contributed by atoms with E-state index in [-0.39, 0.29) is 11.6 Å². The normalized spacial score (nSPS) is 15.6. The number of ether oxygens (including phenoxy) is 3. The van der Waals surface area contributed by atoms with E-state index in [1.54, 1.807) is 14.2 Å². The van der Waals surface area contributed by atoms with Crippen molar-refractivity contribution in [3.8, 4) is 17.2 Å². The van der Waals surface area contributed by atoms with Gasteiger partial charge in [-0.3, -0.25) is 9.36 Å². The minimum absolute atomic E-state index is 0.0974. The van der Waals surface area contributed by atoms with Crippen LogP contribution in [0.25, 0.3) is 11.8 Å². The molecule has 0 saturated carbocycles. The van der Waals surface area contributed by atoms with E-state index in [0.717, 1.165) is 46.4 Å². The largest absolute Gasteiger partial charge is 0.493 e. The fourth-order valence-electron chi connectivity index (χ4n) is 5.99. The molecule has 0 saturated heterocycles. The summed E-state index contributed by atoms with van der Waals surface area (Å²) in [5.74, 6) is 1.93. The first-order valence-corrected chi connectivity index (χ1v) is 15.6. The third-order valence-electron chi connectivity index (χ3n) is 8.14. The number of aromatic nitrogens is 1. The SMILES string of the molecule is COc1ccc([C@H]2C3=C(N=c4s/c(=C\c5ccccc5OCc5ccccc5Cl)c(=O)n42)c2ccccc2CC3)cc1OC. The molecule has 2 heterocycles. The summed E-state index contributed by atoms with van der Waals surface area (Å²) in [6, 6.07) is 29.3. The molecule has 1 aliphatic carbocycles. The first-order chi connectivity index (χ1) is 21.6.